The highest BCUT2D eigenvalue weighted by Gasteiger charge is 2.33. The van der Waals surface area contributed by atoms with Crippen LogP contribution in [0.1, 0.15) is 25.3 Å². The second-order valence-electron chi connectivity index (χ2n) is 5.18. The van der Waals surface area contributed by atoms with Crippen molar-refractivity contribution in [2.24, 2.45) is 11.8 Å². The third-order valence-electron chi connectivity index (χ3n) is 3.60. The number of nitrogens with one attached hydrogen (secondary N) is 1. The molecule has 2 unspecified atom stereocenters. The molecular formula is C15H20ClNO. The number of halogens is 1. The van der Waals surface area contributed by atoms with Crippen LogP contribution in [0.2, 0.25) is 0 Å². The summed E-state index contributed by atoms with van der Waals surface area (Å²) in [5, 5.41) is 3.07. The predicted molar refractivity (Wildman–Crippen MR) is 74.7 cm³/mol. The maximum atomic E-state index is 12.0. The highest BCUT2D eigenvalue weighted by Crippen LogP contribution is 2.36. The lowest BCUT2D eigenvalue weighted by molar-refractivity contribution is -0.125. The fraction of sp³-hybridized carbons (Fsp3) is 0.533. The molecule has 98 valence electrons. The molecule has 1 aromatic carbocycles. The van der Waals surface area contributed by atoms with E-state index in [1.54, 1.807) is 0 Å². The monoisotopic (exact) mass is 265 g/mol. The van der Waals surface area contributed by atoms with Crippen LogP contribution in [-0.2, 0) is 11.2 Å². The number of hydrogen-bond donors (Lipinski definition) is 1. The number of alkyl halides is 1. The van der Waals surface area contributed by atoms with Crippen LogP contribution in [0, 0.1) is 11.8 Å². The number of hydrogen-bond acceptors (Lipinski definition) is 1. The van der Waals surface area contributed by atoms with Crippen LogP contribution in [0.5, 0.6) is 0 Å². The van der Waals surface area contributed by atoms with Gasteiger partial charge >= 0.3 is 0 Å². The smallest absolute Gasteiger partial charge is 0.223 e. The quantitative estimate of drug-likeness (QED) is 0.787. The van der Waals surface area contributed by atoms with Crippen molar-refractivity contribution in [2.75, 3.05) is 5.88 Å². The van der Waals surface area contributed by atoms with Crippen molar-refractivity contribution >= 4 is 17.5 Å². The first-order valence-corrected chi connectivity index (χ1v) is 7.14. The first-order chi connectivity index (χ1) is 8.70. The molecule has 0 spiro atoms. The van der Waals surface area contributed by atoms with Crippen molar-refractivity contribution in [1.82, 2.24) is 5.32 Å². The molecule has 1 aromatic rings. The van der Waals surface area contributed by atoms with E-state index in [9.17, 15) is 4.79 Å². The Kier molecular flexibility index (Phi) is 4.65. The lowest BCUT2D eigenvalue weighted by Crippen LogP contribution is -2.41. The first kappa shape index (κ1) is 13.4. The molecule has 2 rings (SSSR count). The highest BCUT2D eigenvalue weighted by atomic mass is 35.5. The second-order valence-corrected chi connectivity index (χ2v) is 5.48. The summed E-state index contributed by atoms with van der Waals surface area (Å²) < 4.78 is 0. The molecule has 2 nitrogen and oxygen atoms in total. The van der Waals surface area contributed by atoms with Gasteiger partial charge < -0.3 is 5.32 Å². The molecule has 1 saturated carbocycles. The van der Waals surface area contributed by atoms with Crippen LogP contribution >= 0.6 is 11.6 Å². The van der Waals surface area contributed by atoms with Crippen LogP contribution in [0.3, 0.4) is 0 Å². The lowest BCUT2D eigenvalue weighted by atomic mass is 10.0. The summed E-state index contributed by atoms with van der Waals surface area (Å²) in [6, 6.07) is 10.2. The van der Waals surface area contributed by atoms with E-state index in [1.807, 2.05) is 25.1 Å². The van der Waals surface area contributed by atoms with Gasteiger partial charge in [0.15, 0.2) is 0 Å². The summed E-state index contributed by atoms with van der Waals surface area (Å²) in [5.41, 5.74) is 1.21. The van der Waals surface area contributed by atoms with Crippen LogP contribution in [0.4, 0.5) is 0 Å². The molecule has 1 fully saturated rings. The van der Waals surface area contributed by atoms with Gasteiger partial charge in [0, 0.05) is 17.8 Å². The summed E-state index contributed by atoms with van der Waals surface area (Å²) in [4.78, 5) is 12.0. The molecule has 1 N–H and O–H groups in total. The zero-order valence-electron chi connectivity index (χ0n) is 10.7. The van der Waals surface area contributed by atoms with Crippen molar-refractivity contribution in [1.29, 1.82) is 0 Å². The molecule has 1 aliphatic rings. The van der Waals surface area contributed by atoms with E-state index in [4.69, 9.17) is 11.6 Å². The fourth-order valence-electron chi connectivity index (χ4n) is 2.19. The van der Waals surface area contributed by atoms with Crippen molar-refractivity contribution in [3.8, 4) is 0 Å². The Balaban J connectivity index is 1.86. The van der Waals surface area contributed by atoms with Crippen molar-refractivity contribution in [3.63, 3.8) is 0 Å². The molecular weight excluding hydrogens is 246 g/mol. The van der Waals surface area contributed by atoms with Crippen LogP contribution in [-0.4, -0.2) is 17.8 Å². The summed E-state index contributed by atoms with van der Waals surface area (Å²) in [6.07, 6.45) is 3.19. The fourth-order valence-corrected chi connectivity index (χ4v) is 2.37. The molecule has 0 bridgehead atoms. The highest BCUT2D eigenvalue weighted by molar-refractivity contribution is 6.18. The first-order valence-electron chi connectivity index (χ1n) is 6.61. The zero-order chi connectivity index (χ0) is 13.0. The maximum Gasteiger partial charge on any atom is 0.223 e. The average Bonchev–Trinajstić information content (AvgIpc) is 3.22. The van der Waals surface area contributed by atoms with Crippen molar-refractivity contribution in [2.45, 2.75) is 32.2 Å². The number of benzene rings is 1. The third-order valence-corrected chi connectivity index (χ3v) is 3.97. The zero-order valence-corrected chi connectivity index (χ0v) is 11.5. The van der Waals surface area contributed by atoms with Crippen molar-refractivity contribution in [3.05, 3.63) is 35.9 Å². The van der Waals surface area contributed by atoms with Crippen LogP contribution < -0.4 is 5.32 Å². The molecule has 0 aromatic heterocycles. The van der Waals surface area contributed by atoms with Crippen LogP contribution in [0.25, 0.3) is 0 Å². The minimum Gasteiger partial charge on any atom is -0.352 e. The largest absolute Gasteiger partial charge is 0.352 e. The normalized spacial score (nSPS) is 18.1. The van der Waals surface area contributed by atoms with Crippen LogP contribution in [0.15, 0.2) is 30.3 Å². The molecule has 1 aliphatic carbocycles. The predicted octanol–water partition coefficient (Wildman–Crippen LogP) is 3.00. The Bertz CT molecular complexity index is 389. The van der Waals surface area contributed by atoms with Gasteiger partial charge in [0.05, 0.1) is 0 Å². The van der Waals surface area contributed by atoms with Gasteiger partial charge in [-0.15, -0.1) is 11.6 Å². The maximum absolute atomic E-state index is 12.0. The van der Waals surface area contributed by atoms with Crippen molar-refractivity contribution < 1.29 is 4.79 Å². The van der Waals surface area contributed by atoms with Gasteiger partial charge in [0.25, 0.3) is 0 Å². The van der Waals surface area contributed by atoms with Gasteiger partial charge in [-0.2, -0.15) is 0 Å². The molecule has 18 heavy (non-hydrogen) atoms. The average molecular weight is 266 g/mol. The molecule has 2 atom stereocenters. The second kappa shape index (κ2) is 6.24. The molecule has 0 aliphatic heterocycles. The minimum absolute atomic E-state index is 0.0303. The van der Waals surface area contributed by atoms with Gasteiger partial charge in [-0.25, -0.2) is 0 Å². The Morgan fingerprint density at radius 3 is 2.61 bits per heavy atom. The third kappa shape index (κ3) is 3.74. The van der Waals surface area contributed by atoms with E-state index in [0.717, 1.165) is 6.42 Å². The molecule has 3 heteroatoms. The number of rotatable bonds is 6. The Labute approximate surface area is 114 Å². The molecule has 0 saturated heterocycles. The Hall–Kier alpha value is -1.02. The minimum atomic E-state index is 0.0303. The Morgan fingerprint density at radius 1 is 1.39 bits per heavy atom. The van der Waals surface area contributed by atoms with Gasteiger partial charge in [-0.1, -0.05) is 37.3 Å². The summed E-state index contributed by atoms with van der Waals surface area (Å²) in [5.74, 6) is 1.33. The van der Waals surface area contributed by atoms with E-state index in [-0.39, 0.29) is 17.9 Å². The summed E-state index contributed by atoms with van der Waals surface area (Å²) in [7, 11) is 0. The van der Waals surface area contributed by atoms with E-state index >= 15 is 0 Å². The number of carbonyl (C=O) groups excluding carboxylic acids is 1. The number of carbonyl (C=O) groups is 1. The van der Waals surface area contributed by atoms with Gasteiger partial charge in [0.1, 0.15) is 0 Å². The standard InChI is InChI=1S/C15H20ClNO/c1-11(13-7-8-13)15(18)17-14(10-16)9-12-5-3-2-4-6-12/h2-6,11,13-14H,7-10H2,1H3,(H,17,18). The summed E-state index contributed by atoms with van der Waals surface area (Å²) >= 11 is 5.95. The molecule has 0 radical (unpaired) electrons. The van der Waals surface area contributed by atoms with E-state index in [2.05, 4.69) is 17.4 Å². The summed E-state index contributed by atoms with van der Waals surface area (Å²) in [6.45, 7) is 2.01. The lowest BCUT2D eigenvalue weighted by Gasteiger charge is -2.19. The van der Waals surface area contributed by atoms with E-state index in [0.29, 0.717) is 11.8 Å². The van der Waals surface area contributed by atoms with Gasteiger partial charge in [0.2, 0.25) is 5.91 Å². The van der Waals surface area contributed by atoms with Gasteiger partial charge in [-0.3, -0.25) is 4.79 Å². The Morgan fingerprint density at radius 2 is 2.06 bits per heavy atom. The SMILES string of the molecule is CC(C(=O)NC(CCl)Cc1ccccc1)C1CC1. The van der Waals surface area contributed by atoms with E-state index < -0.39 is 0 Å². The van der Waals surface area contributed by atoms with E-state index in [1.165, 1.54) is 18.4 Å². The molecule has 1 amide bonds. The molecule has 0 heterocycles. The topological polar surface area (TPSA) is 29.1 Å². The number of amides is 1. The van der Waals surface area contributed by atoms with Gasteiger partial charge in [-0.05, 0) is 30.7 Å².